The quantitative estimate of drug-likeness (QED) is 0.423. The number of carbonyl (C=O) groups excluding carboxylic acids is 1. The topological polar surface area (TPSA) is 103 Å². The molecule has 0 spiro atoms. The fraction of sp³-hybridized carbons (Fsp3) is 0.100. The van der Waals surface area contributed by atoms with Gasteiger partial charge < -0.3 is 4.42 Å². The van der Waals surface area contributed by atoms with Gasteiger partial charge in [-0.3, -0.25) is 15.0 Å². The highest BCUT2D eigenvalue weighted by Crippen LogP contribution is 2.07. The van der Waals surface area contributed by atoms with Crippen molar-refractivity contribution in [2.24, 2.45) is 5.84 Å². The summed E-state index contributed by atoms with van der Waals surface area (Å²) in [5.74, 6) is 4.98. The Morgan fingerprint density at radius 2 is 2.41 bits per heavy atom. The fourth-order valence-electron chi connectivity index (χ4n) is 1.32. The van der Waals surface area contributed by atoms with Gasteiger partial charge in [0.2, 0.25) is 0 Å². The van der Waals surface area contributed by atoms with Crippen LogP contribution in [0.4, 0.5) is 0 Å². The summed E-state index contributed by atoms with van der Waals surface area (Å²) in [5.41, 5.74) is 2.04. The van der Waals surface area contributed by atoms with Gasteiger partial charge in [0.1, 0.15) is 18.6 Å². The monoisotopic (exact) mass is 234 g/mol. The lowest BCUT2D eigenvalue weighted by Gasteiger charge is -1.99. The number of nitrogens with two attached hydrogens (primary N) is 1. The molecule has 17 heavy (non-hydrogen) atoms. The Kier molecular flexibility index (Phi) is 3.01. The van der Waals surface area contributed by atoms with Gasteiger partial charge in [0.05, 0.1) is 5.56 Å². The van der Waals surface area contributed by atoms with Gasteiger partial charge in [-0.05, 0) is 12.1 Å². The number of nitrogens with zero attached hydrogens (tertiary/aromatic N) is 2. The van der Waals surface area contributed by atoms with Crippen molar-refractivity contribution in [1.82, 2.24) is 15.2 Å². The molecule has 0 aliphatic rings. The third-order valence-corrected chi connectivity index (χ3v) is 2.14. The lowest BCUT2D eigenvalue weighted by atomic mass is 10.3. The van der Waals surface area contributed by atoms with Crippen molar-refractivity contribution in [3.05, 3.63) is 52.3 Å². The molecule has 0 bridgehead atoms. The molecule has 2 rings (SSSR count). The minimum atomic E-state index is -0.451. The SMILES string of the molecule is NNC(=O)c1coc(Cn2ncccc2=O)c1. The molecule has 88 valence electrons. The molecule has 2 heterocycles. The van der Waals surface area contributed by atoms with Crippen molar-refractivity contribution in [2.45, 2.75) is 6.54 Å². The molecule has 3 N–H and O–H groups in total. The number of aromatic nitrogens is 2. The van der Waals surface area contributed by atoms with Crippen LogP contribution in [0, 0.1) is 0 Å². The highest BCUT2D eigenvalue weighted by Gasteiger charge is 2.09. The van der Waals surface area contributed by atoms with Gasteiger partial charge in [-0.2, -0.15) is 5.10 Å². The van der Waals surface area contributed by atoms with Crippen molar-refractivity contribution in [3.63, 3.8) is 0 Å². The highest BCUT2D eigenvalue weighted by atomic mass is 16.3. The summed E-state index contributed by atoms with van der Waals surface area (Å²) in [5, 5.41) is 3.87. The number of hydrogen-bond acceptors (Lipinski definition) is 5. The molecule has 0 atom stereocenters. The lowest BCUT2D eigenvalue weighted by molar-refractivity contribution is 0.0953. The van der Waals surface area contributed by atoms with Crippen LogP contribution in [0.15, 0.2) is 39.9 Å². The molecule has 0 unspecified atom stereocenters. The molecule has 0 aliphatic carbocycles. The molecule has 0 radical (unpaired) electrons. The lowest BCUT2D eigenvalue weighted by Crippen LogP contribution is -2.29. The van der Waals surface area contributed by atoms with Gasteiger partial charge in [0.15, 0.2) is 0 Å². The van der Waals surface area contributed by atoms with Crippen LogP contribution in [0.3, 0.4) is 0 Å². The molecule has 0 fully saturated rings. The molecule has 0 aliphatic heterocycles. The summed E-state index contributed by atoms with van der Waals surface area (Å²) < 4.78 is 6.36. The number of hydrogen-bond donors (Lipinski definition) is 2. The number of rotatable bonds is 3. The smallest absolute Gasteiger partial charge is 0.268 e. The van der Waals surface area contributed by atoms with E-state index in [1.807, 2.05) is 5.43 Å². The van der Waals surface area contributed by atoms with Crippen LogP contribution in [0.25, 0.3) is 0 Å². The van der Waals surface area contributed by atoms with Crippen molar-refractivity contribution in [2.75, 3.05) is 0 Å². The molecule has 2 aromatic heterocycles. The molecular weight excluding hydrogens is 224 g/mol. The van der Waals surface area contributed by atoms with E-state index in [2.05, 4.69) is 5.10 Å². The summed E-state index contributed by atoms with van der Waals surface area (Å²) >= 11 is 0. The minimum absolute atomic E-state index is 0.164. The van der Waals surface area contributed by atoms with Gasteiger partial charge >= 0.3 is 0 Å². The maximum atomic E-state index is 11.4. The van der Waals surface area contributed by atoms with Gasteiger partial charge in [0, 0.05) is 12.3 Å². The number of amides is 1. The van der Waals surface area contributed by atoms with Crippen molar-refractivity contribution in [1.29, 1.82) is 0 Å². The number of carbonyl (C=O) groups is 1. The van der Waals surface area contributed by atoms with Crippen LogP contribution in [-0.2, 0) is 6.54 Å². The van der Waals surface area contributed by atoms with E-state index in [1.54, 1.807) is 6.07 Å². The second-order valence-electron chi connectivity index (χ2n) is 3.29. The highest BCUT2D eigenvalue weighted by molar-refractivity contribution is 5.93. The maximum absolute atomic E-state index is 11.4. The molecule has 0 aromatic carbocycles. The first-order valence-corrected chi connectivity index (χ1v) is 4.81. The zero-order valence-corrected chi connectivity index (χ0v) is 8.79. The Morgan fingerprint density at radius 1 is 1.59 bits per heavy atom. The zero-order chi connectivity index (χ0) is 12.3. The molecule has 7 nitrogen and oxygen atoms in total. The molecule has 0 saturated carbocycles. The third kappa shape index (κ3) is 2.40. The second kappa shape index (κ2) is 4.62. The second-order valence-corrected chi connectivity index (χ2v) is 3.29. The molecule has 2 aromatic rings. The summed E-state index contributed by atoms with van der Waals surface area (Å²) in [7, 11) is 0. The third-order valence-electron chi connectivity index (χ3n) is 2.14. The minimum Gasteiger partial charge on any atom is -0.467 e. The van der Waals surface area contributed by atoms with E-state index in [9.17, 15) is 9.59 Å². The molecule has 7 heteroatoms. The molecule has 1 amide bonds. The van der Waals surface area contributed by atoms with E-state index < -0.39 is 5.91 Å². The predicted octanol–water partition coefficient (Wildman–Crippen LogP) is -0.512. The van der Waals surface area contributed by atoms with Gasteiger partial charge in [-0.15, -0.1) is 0 Å². The summed E-state index contributed by atoms with van der Waals surface area (Å²) in [6, 6.07) is 4.45. The van der Waals surface area contributed by atoms with E-state index >= 15 is 0 Å². The van der Waals surface area contributed by atoms with Crippen LogP contribution in [0.2, 0.25) is 0 Å². The van der Waals surface area contributed by atoms with Crippen molar-refractivity contribution < 1.29 is 9.21 Å². The molecule has 0 saturated heterocycles. The summed E-state index contributed by atoms with van der Waals surface area (Å²) in [6.45, 7) is 0.164. The summed E-state index contributed by atoms with van der Waals surface area (Å²) in [4.78, 5) is 22.5. The average molecular weight is 234 g/mol. The first-order chi connectivity index (χ1) is 8.20. The van der Waals surface area contributed by atoms with Crippen LogP contribution < -0.4 is 16.8 Å². The first-order valence-electron chi connectivity index (χ1n) is 4.81. The van der Waals surface area contributed by atoms with Crippen LogP contribution in [0.1, 0.15) is 16.1 Å². The Labute approximate surface area is 95.8 Å². The van der Waals surface area contributed by atoms with Gasteiger partial charge in [0.25, 0.3) is 11.5 Å². The van der Waals surface area contributed by atoms with Gasteiger partial charge in [-0.1, -0.05) is 0 Å². The first kappa shape index (κ1) is 11.1. The van der Waals surface area contributed by atoms with E-state index in [4.69, 9.17) is 10.3 Å². The number of furan rings is 1. The predicted molar refractivity (Wildman–Crippen MR) is 58.0 cm³/mol. The zero-order valence-electron chi connectivity index (χ0n) is 8.79. The van der Waals surface area contributed by atoms with Crippen LogP contribution in [-0.4, -0.2) is 15.7 Å². The standard InChI is InChI=1S/C10H10N4O3/c11-13-10(16)7-4-8(17-6-7)5-14-9(15)2-1-3-12-14/h1-4,6H,5,11H2,(H,13,16). The van der Waals surface area contributed by atoms with Gasteiger partial charge in [-0.25, -0.2) is 10.5 Å². The Balaban J connectivity index is 2.20. The number of nitrogens with one attached hydrogen (secondary N) is 1. The Bertz CT molecular complexity index is 587. The average Bonchev–Trinajstić information content (AvgIpc) is 2.80. The molecular formula is C10H10N4O3. The largest absolute Gasteiger partial charge is 0.467 e. The van der Waals surface area contributed by atoms with E-state index in [0.29, 0.717) is 11.3 Å². The normalized spacial score (nSPS) is 10.2. The Hall–Kier alpha value is -2.41. The maximum Gasteiger partial charge on any atom is 0.268 e. The van der Waals surface area contributed by atoms with E-state index in [-0.39, 0.29) is 12.1 Å². The number of hydrazine groups is 1. The summed E-state index contributed by atoms with van der Waals surface area (Å²) in [6.07, 6.45) is 2.77. The van der Waals surface area contributed by atoms with Crippen LogP contribution in [0.5, 0.6) is 0 Å². The van der Waals surface area contributed by atoms with E-state index in [1.165, 1.54) is 29.3 Å². The van der Waals surface area contributed by atoms with Crippen molar-refractivity contribution in [3.8, 4) is 0 Å². The number of nitrogen functional groups attached to an aromatic ring is 1. The van der Waals surface area contributed by atoms with E-state index in [0.717, 1.165) is 0 Å². The Morgan fingerprint density at radius 3 is 3.12 bits per heavy atom. The fourth-order valence-corrected chi connectivity index (χ4v) is 1.32. The van der Waals surface area contributed by atoms with Crippen LogP contribution >= 0.6 is 0 Å². The van der Waals surface area contributed by atoms with Crippen molar-refractivity contribution >= 4 is 5.91 Å².